The van der Waals surface area contributed by atoms with Crippen molar-refractivity contribution in [2.75, 3.05) is 5.32 Å². The van der Waals surface area contributed by atoms with Crippen LogP contribution in [0.5, 0.6) is 0 Å². The molecule has 0 fully saturated rings. The lowest BCUT2D eigenvalue weighted by Gasteiger charge is -2.12. The predicted octanol–water partition coefficient (Wildman–Crippen LogP) is 3.68. The molecule has 1 heterocycles. The highest BCUT2D eigenvalue weighted by molar-refractivity contribution is 9.10. The van der Waals surface area contributed by atoms with Crippen molar-refractivity contribution in [3.05, 3.63) is 49.6 Å². The largest absolute Gasteiger partial charge is 0.404 e. The van der Waals surface area contributed by atoms with E-state index in [1.807, 2.05) is 32.0 Å². The number of hydrogen-bond donors (Lipinski definition) is 1. The lowest BCUT2D eigenvalue weighted by Crippen LogP contribution is -2.25. The molecular weight excluding hydrogens is 364 g/mol. The molecule has 1 atom stereocenters. The van der Waals surface area contributed by atoms with Gasteiger partial charge in [0.05, 0.1) is 10.8 Å². The average molecular weight is 381 g/mol. The summed E-state index contributed by atoms with van der Waals surface area (Å²) in [6, 6.07) is 4.95. The number of anilines is 1. The molecule has 0 aliphatic carbocycles. The Hall–Kier alpha value is -2.22. The van der Waals surface area contributed by atoms with Gasteiger partial charge in [0.2, 0.25) is 0 Å². The van der Waals surface area contributed by atoms with Crippen LogP contribution in [0.25, 0.3) is 0 Å². The molecule has 23 heavy (non-hydrogen) atoms. The third kappa shape index (κ3) is 3.42. The number of halogens is 1. The Kier molecular flexibility index (Phi) is 4.84. The Morgan fingerprint density at radius 1 is 1.35 bits per heavy atom. The second-order valence-electron chi connectivity index (χ2n) is 5.39. The lowest BCUT2D eigenvalue weighted by atomic mass is 10.1. The van der Waals surface area contributed by atoms with Gasteiger partial charge in [-0.2, -0.15) is 4.68 Å². The number of rotatable bonds is 4. The van der Waals surface area contributed by atoms with Gasteiger partial charge in [-0.3, -0.25) is 4.79 Å². The summed E-state index contributed by atoms with van der Waals surface area (Å²) in [6.07, 6.45) is 0. The lowest BCUT2D eigenvalue weighted by molar-refractivity contribution is -0.390. The van der Waals surface area contributed by atoms with Crippen LogP contribution in [0.4, 0.5) is 11.5 Å². The Morgan fingerprint density at radius 2 is 2.00 bits per heavy atom. The van der Waals surface area contributed by atoms with Crippen LogP contribution < -0.4 is 5.32 Å². The van der Waals surface area contributed by atoms with E-state index >= 15 is 0 Å². The van der Waals surface area contributed by atoms with Crippen LogP contribution in [0.3, 0.4) is 0 Å². The fraction of sp³-hybridized carbons (Fsp3) is 0.333. The molecule has 7 nitrogen and oxygen atoms in total. The number of hydrogen-bond acceptors (Lipinski definition) is 4. The van der Waals surface area contributed by atoms with Crippen LogP contribution in [-0.2, 0) is 4.79 Å². The molecule has 1 aromatic carbocycles. The molecule has 1 N–H and O–H groups in total. The number of nitro groups is 1. The molecule has 0 aliphatic heterocycles. The van der Waals surface area contributed by atoms with Crippen molar-refractivity contribution in [1.82, 2.24) is 9.78 Å². The Labute approximate surface area is 142 Å². The maximum atomic E-state index is 12.4. The van der Waals surface area contributed by atoms with Crippen LogP contribution in [0, 0.1) is 30.9 Å². The zero-order valence-electron chi connectivity index (χ0n) is 13.3. The monoisotopic (exact) mass is 380 g/mol. The van der Waals surface area contributed by atoms with Gasteiger partial charge >= 0.3 is 5.82 Å². The van der Waals surface area contributed by atoms with E-state index in [2.05, 4.69) is 26.3 Å². The third-order valence-corrected chi connectivity index (χ3v) is 4.68. The topological polar surface area (TPSA) is 90.1 Å². The number of amides is 1. The molecule has 2 rings (SSSR count). The number of aromatic nitrogens is 2. The first-order valence-electron chi connectivity index (χ1n) is 6.99. The number of carbonyl (C=O) groups is 1. The van der Waals surface area contributed by atoms with E-state index in [9.17, 15) is 14.9 Å². The number of carbonyl (C=O) groups excluding carboxylic acids is 1. The SMILES string of the molecule is Cc1ccc(NC(=O)[C@@H](C)n2nc([N+](=O)[O-])c(Br)c2C)cc1C. The minimum absolute atomic E-state index is 0.285. The summed E-state index contributed by atoms with van der Waals surface area (Å²) in [5.41, 5.74) is 3.42. The van der Waals surface area contributed by atoms with E-state index in [1.54, 1.807) is 13.8 Å². The molecule has 1 amide bonds. The van der Waals surface area contributed by atoms with Gasteiger partial charge in [-0.25, -0.2) is 0 Å². The first-order chi connectivity index (χ1) is 10.7. The summed E-state index contributed by atoms with van der Waals surface area (Å²) in [6.45, 7) is 7.27. The van der Waals surface area contributed by atoms with Crippen molar-refractivity contribution in [3.8, 4) is 0 Å². The van der Waals surface area contributed by atoms with Crippen LogP contribution in [-0.4, -0.2) is 20.6 Å². The van der Waals surface area contributed by atoms with Crippen LogP contribution in [0.15, 0.2) is 22.7 Å². The summed E-state index contributed by atoms with van der Waals surface area (Å²) in [4.78, 5) is 22.8. The molecule has 0 unspecified atom stereocenters. The number of benzene rings is 1. The van der Waals surface area contributed by atoms with Gasteiger partial charge in [0, 0.05) is 5.69 Å². The summed E-state index contributed by atoms with van der Waals surface area (Å²) in [7, 11) is 0. The van der Waals surface area contributed by atoms with Crippen molar-refractivity contribution in [1.29, 1.82) is 0 Å². The minimum Gasteiger partial charge on any atom is -0.358 e. The Morgan fingerprint density at radius 3 is 2.52 bits per heavy atom. The zero-order chi connectivity index (χ0) is 17.3. The van der Waals surface area contributed by atoms with Crippen LogP contribution in [0.2, 0.25) is 0 Å². The summed E-state index contributed by atoms with van der Waals surface area (Å²) >= 11 is 3.15. The van der Waals surface area contributed by atoms with E-state index in [0.717, 1.165) is 11.1 Å². The molecule has 0 saturated heterocycles. The molecule has 0 spiro atoms. The van der Waals surface area contributed by atoms with E-state index in [0.29, 0.717) is 11.4 Å². The zero-order valence-corrected chi connectivity index (χ0v) is 14.8. The van der Waals surface area contributed by atoms with Crippen molar-refractivity contribution in [3.63, 3.8) is 0 Å². The van der Waals surface area contributed by atoms with Crippen molar-refractivity contribution in [2.24, 2.45) is 0 Å². The second kappa shape index (κ2) is 6.49. The molecule has 0 radical (unpaired) electrons. The van der Waals surface area contributed by atoms with Gasteiger partial charge < -0.3 is 15.4 Å². The van der Waals surface area contributed by atoms with Crippen molar-refractivity contribution in [2.45, 2.75) is 33.7 Å². The van der Waals surface area contributed by atoms with E-state index in [1.165, 1.54) is 4.68 Å². The molecule has 0 aliphatic rings. The fourth-order valence-corrected chi connectivity index (χ4v) is 2.56. The van der Waals surface area contributed by atoms with Gasteiger partial charge in [-0.15, -0.1) is 0 Å². The normalized spacial score (nSPS) is 12.0. The number of aryl methyl sites for hydroxylation is 2. The fourth-order valence-electron chi connectivity index (χ4n) is 2.15. The molecule has 2 aromatic rings. The number of nitrogens with zero attached hydrogens (tertiary/aromatic N) is 3. The molecule has 8 heteroatoms. The van der Waals surface area contributed by atoms with E-state index < -0.39 is 11.0 Å². The van der Waals surface area contributed by atoms with E-state index in [4.69, 9.17) is 0 Å². The average Bonchev–Trinajstić information content (AvgIpc) is 2.78. The summed E-state index contributed by atoms with van der Waals surface area (Å²) in [5, 5.41) is 17.7. The smallest absolute Gasteiger partial charge is 0.358 e. The minimum atomic E-state index is -0.679. The van der Waals surface area contributed by atoms with Gasteiger partial charge in [-0.05, 0) is 71.8 Å². The quantitative estimate of drug-likeness (QED) is 0.646. The molecule has 122 valence electrons. The second-order valence-corrected chi connectivity index (χ2v) is 6.18. The first kappa shape index (κ1) is 17.1. The highest BCUT2D eigenvalue weighted by Gasteiger charge is 2.29. The Bertz CT molecular complexity index is 785. The summed E-state index contributed by atoms with van der Waals surface area (Å²) < 4.78 is 1.63. The van der Waals surface area contributed by atoms with Crippen molar-refractivity contribution >= 4 is 33.3 Å². The predicted molar refractivity (Wildman–Crippen MR) is 90.6 cm³/mol. The van der Waals surface area contributed by atoms with Gasteiger partial charge in [-0.1, -0.05) is 6.07 Å². The standard InChI is InChI=1S/C15H17BrN4O3/c1-8-5-6-12(7-9(8)2)17-15(21)11(4)19-10(3)13(16)14(18-19)20(22)23/h5-7,11H,1-4H3,(H,17,21)/t11-/m1/s1. The third-order valence-electron chi connectivity index (χ3n) is 3.75. The van der Waals surface area contributed by atoms with E-state index in [-0.39, 0.29) is 16.2 Å². The maximum Gasteiger partial charge on any atom is 0.404 e. The van der Waals surface area contributed by atoms with Gasteiger partial charge in [0.1, 0.15) is 10.5 Å². The van der Waals surface area contributed by atoms with Crippen LogP contribution in [0.1, 0.15) is 29.8 Å². The molecule has 0 saturated carbocycles. The van der Waals surface area contributed by atoms with Crippen LogP contribution >= 0.6 is 15.9 Å². The Balaban J connectivity index is 2.24. The molecule has 1 aromatic heterocycles. The van der Waals surface area contributed by atoms with Gasteiger partial charge in [0.15, 0.2) is 0 Å². The molecular formula is C15H17BrN4O3. The first-order valence-corrected chi connectivity index (χ1v) is 7.78. The van der Waals surface area contributed by atoms with Crippen molar-refractivity contribution < 1.29 is 9.72 Å². The van der Waals surface area contributed by atoms with Gasteiger partial charge in [0.25, 0.3) is 5.91 Å². The number of nitrogens with one attached hydrogen (secondary N) is 1. The highest BCUT2D eigenvalue weighted by Crippen LogP contribution is 2.29. The maximum absolute atomic E-state index is 12.4. The molecule has 0 bridgehead atoms. The summed E-state index contributed by atoms with van der Waals surface area (Å²) in [5.74, 6) is -0.588. The highest BCUT2D eigenvalue weighted by atomic mass is 79.9.